The summed E-state index contributed by atoms with van der Waals surface area (Å²) in [5, 5.41) is 6.49. The SMILES string of the molecule is C=CCNC(=NC)NCC(C)(C)c1cccc(OC)c1.I. The molecule has 0 aliphatic carbocycles. The summed E-state index contributed by atoms with van der Waals surface area (Å²) in [5.74, 6) is 1.66. The van der Waals surface area contributed by atoms with Crippen molar-refractivity contribution in [2.75, 3.05) is 27.2 Å². The van der Waals surface area contributed by atoms with Crippen LogP contribution in [-0.2, 0) is 5.41 Å². The van der Waals surface area contributed by atoms with Crippen LogP contribution in [0.1, 0.15) is 19.4 Å². The first-order valence-corrected chi connectivity index (χ1v) is 6.73. The first kappa shape index (κ1) is 19.8. The van der Waals surface area contributed by atoms with Gasteiger partial charge in [0.15, 0.2) is 5.96 Å². The molecule has 1 aromatic carbocycles. The van der Waals surface area contributed by atoms with Crippen molar-refractivity contribution in [3.8, 4) is 5.75 Å². The van der Waals surface area contributed by atoms with Gasteiger partial charge < -0.3 is 15.4 Å². The highest BCUT2D eigenvalue weighted by molar-refractivity contribution is 14.0. The minimum atomic E-state index is -0.0274. The van der Waals surface area contributed by atoms with Crippen molar-refractivity contribution in [3.05, 3.63) is 42.5 Å². The molecule has 0 aromatic heterocycles. The Balaban J connectivity index is 0.00000400. The predicted molar refractivity (Wildman–Crippen MR) is 101 cm³/mol. The van der Waals surface area contributed by atoms with E-state index < -0.39 is 0 Å². The second kappa shape index (κ2) is 9.65. The second-order valence-corrected chi connectivity index (χ2v) is 5.21. The molecular weight excluding hydrogens is 377 g/mol. The van der Waals surface area contributed by atoms with Gasteiger partial charge >= 0.3 is 0 Å². The Kier molecular flexibility index (Phi) is 9.08. The van der Waals surface area contributed by atoms with Crippen molar-refractivity contribution in [1.29, 1.82) is 0 Å². The highest BCUT2D eigenvalue weighted by Crippen LogP contribution is 2.25. The van der Waals surface area contributed by atoms with Crippen molar-refractivity contribution in [3.63, 3.8) is 0 Å². The summed E-state index contributed by atoms with van der Waals surface area (Å²) in [6.07, 6.45) is 1.81. The van der Waals surface area contributed by atoms with Gasteiger partial charge in [0.25, 0.3) is 0 Å². The molecule has 0 bridgehead atoms. The monoisotopic (exact) mass is 403 g/mol. The molecule has 1 aromatic rings. The minimum absolute atomic E-state index is 0. The fraction of sp³-hybridized carbons (Fsp3) is 0.438. The molecule has 0 saturated carbocycles. The number of methoxy groups -OCH3 is 1. The number of nitrogens with one attached hydrogen (secondary N) is 2. The van der Waals surface area contributed by atoms with Crippen LogP contribution in [0.5, 0.6) is 5.75 Å². The first-order chi connectivity index (χ1) is 9.53. The number of ether oxygens (including phenoxy) is 1. The van der Waals surface area contributed by atoms with Crippen molar-refractivity contribution in [2.24, 2.45) is 4.99 Å². The van der Waals surface area contributed by atoms with Crippen molar-refractivity contribution < 1.29 is 4.74 Å². The van der Waals surface area contributed by atoms with Gasteiger partial charge in [-0.15, -0.1) is 30.6 Å². The maximum absolute atomic E-state index is 5.28. The molecule has 0 unspecified atom stereocenters. The second-order valence-electron chi connectivity index (χ2n) is 5.21. The minimum Gasteiger partial charge on any atom is -0.497 e. The standard InChI is InChI=1S/C16H25N3O.HI/c1-6-10-18-15(17-4)19-12-16(2,3)13-8-7-9-14(11-13)20-5;/h6-9,11H,1,10,12H2,2-5H3,(H2,17,18,19);1H. The molecule has 0 fully saturated rings. The van der Waals surface area contributed by atoms with Crippen molar-refractivity contribution in [2.45, 2.75) is 19.3 Å². The van der Waals surface area contributed by atoms with E-state index in [1.165, 1.54) is 5.56 Å². The van der Waals surface area contributed by atoms with Crippen LogP contribution in [0.15, 0.2) is 41.9 Å². The van der Waals surface area contributed by atoms with Crippen LogP contribution in [0.2, 0.25) is 0 Å². The number of hydrogen-bond donors (Lipinski definition) is 2. The molecule has 0 aliphatic heterocycles. The van der Waals surface area contributed by atoms with Crippen LogP contribution in [0.25, 0.3) is 0 Å². The zero-order valence-electron chi connectivity index (χ0n) is 13.3. The molecule has 4 nitrogen and oxygen atoms in total. The Bertz CT molecular complexity index is 472. The molecule has 0 aliphatic rings. The number of hydrogen-bond acceptors (Lipinski definition) is 2. The van der Waals surface area contributed by atoms with Gasteiger partial charge in [-0.3, -0.25) is 4.99 Å². The molecule has 21 heavy (non-hydrogen) atoms. The topological polar surface area (TPSA) is 45.7 Å². The maximum atomic E-state index is 5.28. The van der Waals surface area contributed by atoms with Crippen LogP contribution in [-0.4, -0.2) is 33.2 Å². The van der Waals surface area contributed by atoms with Gasteiger partial charge in [0.05, 0.1) is 7.11 Å². The van der Waals surface area contributed by atoms with E-state index in [4.69, 9.17) is 4.74 Å². The summed E-state index contributed by atoms with van der Waals surface area (Å²) in [4.78, 5) is 4.18. The highest BCUT2D eigenvalue weighted by Gasteiger charge is 2.21. The molecule has 0 atom stereocenters. The fourth-order valence-corrected chi connectivity index (χ4v) is 1.84. The molecule has 0 amide bonds. The molecule has 0 heterocycles. The summed E-state index contributed by atoms with van der Waals surface area (Å²) < 4.78 is 5.28. The summed E-state index contributed by atoms with van der Waals surface area (Å²) in [7, 11) is 3.45. The first-order valence-electron chi connectivity index (χ1n) is 6.73. The summed E-state index contributed by atoms with van der Waals surface area (Å²) in [6.45, 7) is 9.53. The van der Waals surface area contributed by atoms with E-state index in [1.54, 1.807) is 20.2 Å². The number of rotatable bonds is 6. The van der Waals surface area contributed by atoms with E-state index in [0.29, 0.717) is 6.54 Å². The van der Waals surface area contributed by atoms with Crippen LogP contribution in [0, 0.1) is 0 Å². The Morgan fingerprint density at radius 2 is 2.10 bits per heavy atom. The van der Waals surface area contributed by atoms with Crippen molar-refractivity contribution >= 4 is 29.9 Å². The molecule has 1 rings (SSSR count). The van der Waals surface area contributed by atoms with E-state index in [-0.39, 0.29) is 29.4 Å². The third kappa shape index (κ3) is 6.37. The van der Waals surface area contributed by atoms with Gasteiger partial charge in [-0.05, 0) is 17.7 Å². The fourth-order valence-electron chi connectivity index (χ4n) is 1.84. The Labute approximate surface area is 145 Å². The Hall–Kier alpha value is -1.24. The van der Waals surface area contributed by atoms with Crippen LogP contribution in [0.3, 0.4) is 0 Å². The third-order valence-electron chi connectivity index (χ3n) is 3.19. The van der Waals surface area contributed by atoms with E-state index in [0.717, 1.165) is 18.3 Å². The van der Waals surface area contributed by atoms with Crippen molar-refractivity contribution in [1.82, 2.24) is 10.6 Å². The number of guanidine groups is 1. The van der Waals surface area contributed by atoms with E-state index in [1.807, 2.05) is 12.1 Å². The summed E-state index contributed by atoms with van der Waals surface area (Å²) in [5.41, 5.74) is 1.20. The molecule has 0 spiro atoms. The average molecular weight is 403 g/mol. The largest absolute Gasteiger partial charge is 0.497 e. The van der Waals surface area contributed by atoms with Gasteiger partial charge in [0.1, 0.15) is 5.75 Å². The van der Waals surface area contributed by atoms with Gasteiger partial charge in [-0.25, -0.2) is 0 Å². The molecule has 0 saturated heterocycles. The van der Waals surface area contributed by atoms with E-state index >= 15 is 0 Å². The van der Waals surface area contributed by atoms with E-state index in [9.17, 15) is 0 Å². The smallest absolute Gasteiger partial charge is 0.191 e. The number of nitrogens with zero attached hydrogens (tertiary/aromatic N) is 1. The Morgan fingerprint density at radius 1 is 1.38 bits per heavy atom. The van der Waals surface area contributed by atoms with Crippen LogP contribution < -0.4 is 15.4 Å². The molecule has 0 radical (unpaired) electrons. The number of benzene rings is 1. The molecule has 118 valence electrons. The lowest BCUT2D eigenvalue weighted by atomic mass is 9.84. The third-order valence-corrected chi connectivity index (χ3v) is 3.19. The maximum Gasteiger partial charge on any atom is 0.191 e. The lowest BCUT2D eigenvalue weighted by molar-refractivity contribution is 0.411. The zero-order valence-corrected chi connectivity index (χ0v) is 15.6. The summed E-state index contributed by atoms with van der Waals surface area (Å²) in [6, 6.07) is 8.16. The molecular formula is C16H26IN3O. The van der Waals surface area contributed by atoms with Gasteiger partial charge in [0, 0.05) is 25.6 Å². The van der Waals surface area contributed by atoms with Gasteiger partial charge in [-0.2, -0.15) is 0 Å². The number of aliphatic imine (C=N–C) groups is 1. The number of halogens is 1. The van der Waals surface area contributed by atoms with Gasteiger partial charge in [-0.1, -0.05) is 32.1 Å². The normalized spacial score (nSPS) is 11.3. The lowest BCUT2D eigenvalue weighted by Gasteiger charge is -2.27. The zero-order chi connectivity index (χ0) is 15.0. The quantitative estimate of drug-likeness (QED) is 0.332. The molecule has 5 heteroatoms. The lowest BCUT2D eigenvalue weighted by Crippen LogP contribution is -2.43. The van der Waals surface area contributed by atoms with Crippen LogP contribution in [0.4, 0.5) is 0 Å². The molecule has 2 N–H and O–H groups in total. The highest BCUT2D eigenvalue weighted by atomic mass is 127. The van der Waals surface area contributed by atoms with Crippen LogP contribution >= 0.6 is 24.0 Å². The van der Waals surface area contributed by atoms with Gasteiger partial charge in [0.2, 0.25) is 0 Å². The predicted octanol–water partition coefficient (Wildman–Crippen LogP) is 2.94. The Morgan fingerprint density at radius 3 is 2.67 bits per heavy atom. The van der Waals surface area contributed by atoms with E-state index in [2.05, 4.69) is 48.2 Å². The summed E-state index contributed by atoms with van der Waals surface area (Å²) >= 11 is 0. The average Bonchev–Trinajstić information content (AvgIpc) is 2.47.